The van der Waals surface area contributed by atoms with E-state index in [0.717, 1.165) is 32.9 Å². The predicted molar refractivity (Wildman–Crippen MR) is 123 cm³/mol. The van der Waals surface area contributed by atoms with Gasteiger partial charge >= 0.3 is 0 Å². The summed E-state index contributed by atoms with van der Waals surface area (Å²) in [5, 5.41) is 3.88. The van der Waals surface area contributed by atoms with Crippen molar-refractivity contribution < 1.29 is 9.59 Å². The quantitative estimate of drug-likeness (QED) is 0.595. The van der Waals surface area contributed by atoms with Gasteiger partial charge in [0.25, 0.3) is 0 Å². The number of nitrogens with zero attached hydrogens (tertiary/aromatic N) is 3. The first-order valence-corrected chi connectivity index (χ1v) is 10.9. The van der Waals surface area contributed by atoms with Crippen LogP contribution in [0.15, 0.2) is 48.5 Å². The number of thiazole rings is 1. The molecule has 2 amide bonds. The highest BCUT2D eigenvalue weighted by atomic mass is 32.1. The van der Waals surface area contributed by atoms with E-state index in [1.165, 1.54) is 4.90 Å². The Hall–Kier alpha value is -2.77. The van der Waals surface area contributed by atoms with Crippen molar-refractivity contribution in [2.45, 2.75) is 26.3 Å². The molecule has 0 bridgehead atoms. The van der Waals surface area contributed by atoms with Crippen LogP contribution in [0.2, 0.25) is 0 Å². The number of aromatic nitrogens is 1. The summed E-state index contributed by atoms with van der Waals surface area (Å²) in [4.78, 5) is 33.2. The van der Waals surface area contributed by atoms with E-state index < -0.39 is 0 Å². The average Bonchev–Trinajstić information content (AvgIpc) is 3.17. The van der Waals surface area contributed by atoms with Crippen molar-refractivity contribution in [2.75, 3.05) is 32.5 Å². The molecular weight excluding hydrogens is 396 g/mol. The number of benzene rings is 2. The molecule has 7 heteroatoms. The Morgan fingerprint density at radius 2 is 1.77 bits per heavy atom. The highest BCUT2D eigenvalue weighted by Gasteiger charge is 2.21. The summed E-state index contributed by atoms with van der Waals surface area (Å²) in [7, 11) is 3.56. The number of rotatable bonds is 8. The Morgan fingerprint density at radius 3 is 2.50 bits per heavy atom. The van der Waals surface area contributed by atoms with Gasteiger partial charge in [-0.15, -0.1) is 11.3 Å². The SMILES string of the molecule is CCc1ccccc1NC(=O)CN(C)C(=O)CN(C)[C@@H](C)c1nc2ccccc2s1. The fourth-order valence-electron chi connectivity index (χ4n) is 3.17. The normalized spacial score (nSPS) is 12.2. The first kappa shape index (κ1) is 21.9. The van der Waals surface area contributed by atoms with Crippen LogP contribution < -0.4 is 5.32 Å². The van der Waals surface area contributed by atoms with Crippen LogP contribution in [0.1, 0.15) is 30.5 Å². The van der Waals surface area contributed by atoms with Crippen LogP contribution in [0.3, 0.4) is 0 Å². The number of carbonyl (C=O) groups is 2. The second-order valence-electron chi connectivity index (χ2n) is 7.42. The van der Waals surface area contributed by atoms with E-state index in [4.69, 9.17) is 0 Å². The van der Waals surface area contributed by atoms with Crippen LogP contribution in [0.4, 0.5) is 5.69 Å². The maximum Gasteiger partial charge on any atom is 0.243 e. The third-order valence-corrected chi connectivity index (χ3v) is 6.40. The van der Waals surface area contributed by atoms with Gasteiger partial charge in [0.2, 0.25) is 11.8 Å². The molecule has 3 aromatic rings. The van der Waals surface area contributed by atoms with E-state index >= 15 is 0 Å². The Balaban J connectivity index is 1.55. The lowest BCUT2D eigenvalue weighted by Crippen LogP contribution is -2.41. The van der Waals surface area contributed by atoms with Crippen LogP contribution in [-0.4, -0.2) is 53.8 Å². The van der Waals surface area contributed by atoms with Gasteiger partial charge in [0, 0.05) is 12.7 Å². The number of fused-ring (bicyclic) bond motifs is 1. The molecule has 1 atom stereocenters. The molecule has 1 heterocycles. The van der Waals surface area contributed by atoms with Crippen LogP contribution in [0.5, 0.6) is 0 Å². The average molecular weight is 425 g/mol. The van der Waals surface area contributed by atoms with Gasteiger partial charge < -0.3 is 10.2 Å². The molecule has 0 aliphatic heterocycles. The Bertz CT molecular complexity index is 1000. The number of carbonyl (C=O) groups excluding carboxylic acids is 2. The molecule has 0 saturated heterocycles. The van der Waals surface area contributed by atoms with E-state index in [1.54, 1.807) is 18.4 Å². The van der Waals surface area contributed by atoms with Crippen molar-refractivity contribution in [2.24, 2.45) is 0 Å². The van der Waals surface area contributed by atoms with Gasteiger partial charge in [-0.25, -0.2) is 4.98 Å². The molecule has 1 N–H and O–H groups in total. The molecule has 2 aromatic carbocycles. The molecule has 0 unspecified atom stereocenters. The third kappa shape index (κ3) is 5.23. The molecule has 0 aliphatic rings. The molecule has 30 heavy (non-hydrogen) atoms. The second-order valence-corrected chi connectivity index (χ2v) is 8.48. The smallest absolute Gasteiger partial charge is 0.243 e. The summed E-state index contributed by atoms with van der Waals surface area (Å²) in [6, 6.07) is 15.7. The predicted octanol–water partition coefficient (Wildman–Crippen LogP) is 3.95. The number of anilines is 1. The maximum atomic E-state index is 12.7. The van der Waals surface area contributed by atoms with E-state index in [1.807, 2.05) is 68.3 Å². The molecule has 1 aromatic heterocycles. The summed E-state index contributed by atoms with van der Waals surface area (Å²) in [5.41, 5.74) is 2.85. The van der Waals surface area contributed by atoms with Crippen LogP contribution in [0, 0.1) is 0 Å². The highest BCUT2D eigenvalue weighted by Crippen LogP contribution is 2.28. The van der Waals surface area contributed by atoms with Crippen molar-refractivity contribution in [3.8, 4) is 0 Å². The fourth-order valence-corrected chi connectivity index (χ4v) is 4.26. The number of likely N-dealkylation sites (N-methyl/N-ethyl adjacent to an activating group) is 2. The standard InChI is InChI=1S/C23H28N4O2S/c1-5-17-10-6-7-11-18(17)24-21(28)14-27(4)22(29)15-26(3)16(2)23-25-19-12-8-9-13-20(19)30-23/h6-13,16H,5,14-15H2,1-4H3,(H,24,28)/t16-/m0/s1. The van der Waals surface area contributed by atoms with Gasteiger partial charge in [0.15, 0.2) is 0 Å². The van der Waals surface area contributed by atoms with E-state index in [9.17, 15) is 9.59 Å². The lowest BCUT2D eigenvalue weighted by atomic mass is 10.1. The van der Waals surface area contributed by atoms with Gasteiger partial charge in [-0.05, 0) is 44.2 Å². The number of para-hydroxylation sites is 2. The molecule has 3 rings (SSSR count). The lowest BCUT2D eigenvalue weighted by molar-refractivity contribution is -0.134. The summed E-state index contributed by atoms with van der Waals surface area (Å²) in [6.45, 7) is 4.31. The van der Waals surface area contributed by atoms with Gasteiger partial charge in [-0.2, -0.15) is 0 Å². The zero-order valence-corrected chi connectivity index (χ0v) is 18.7. The van der Waals surface area contributed by atoms with Gasteiger partial charge in [-0.1, -0.05) is 37.3 Å². The number of hydrogen-bond acceptors (Lipinski definition) is 5. The van der Waals surface area contributed by atoms with Gasteiger partial charge in [0.05, 0.1) is 29.3 Å². The zero-order valence-electron chi connectivity index (χ0n) is 17.9. The van der Waals surface area contributed by atoms with Crippen molar-refractivity contribution in [3.05, 3.63) is 59.1 Å². The molecule has 158 valence electrons. The molecule has 0 radical (unpaired) electrons. The highest BCUT2D eigenvalue weighted by molar-refractivity contribution is 7.18. The minimum absolute atomic E-state index is 0.00464. The number of aryl methyl sites for hydroxylation is 1. The van der Waals surface area contributed by atoms with Crippen molar-refractivity contribution >= 4 is 39.1 Å². The van der Waals surface area contributed by atoms with Gasteiger partial charge in [-0.3, -0.25) is 14.5 Å². The van der Waals surface area contributed by atoms with E-state index in [2.05, 4.69) is 16.4 Å². The monoisotopic (exact) mass is 424 g/mol. The summed E-state index contributed by atoms with van der Waals surface area (Å²) in [5.74, 6) is -0.307. The van der Waals surface area contributed by atoms with Crippen molar-refractivity contribution in [1.29, 1.82) is 0 Å². The minimum Gasteiger partial charge on any atom is -0.335 e. The first-order valence-electron chi connectivity index (χ1n) is 10.1. The molecular formula is C23H28N4O2S. The van der Waals surface area contributed by atoms with Gasteiger partial charge in [0.1, 0.15) is 5.01 Å². The Morgan fingerprint density at radius 1 is 1.07 bits per heavy atom. The van der Waals surface area contributed by atoms with Crippen molar-refractivity contribution in [3.63, 3.8) is 0 Å². The van der Waals surface area contributed by atoms with E-state index in [0.29, 0.717) is 0 Å². The summed E-state index contributed by atoms with van der Waals surface area (Å²) >= 11 is 1.64. The maximum absolute atomic E-state index is 12.7. The molecule has 0 fully saturated rings. The largest absolute Gasteiger partial charge is 0.335 e. The van der Waals surface area contributed by atoms with Crippen molar-refractivity contribution in [1.82, 2.24) is 14.8 Å². The molecule has 0 saturated carbocycles. The van der Waals surface area contributed by atoms with Crippen LogP contribution >= 0.6 is 11.3 Å². The Kier molecular flexibility index (Phi) is 7.18. The van der Waals surface area contributed by atoms with Crippen LogP contribution in [0.25, 0.3) is 10.2 Å². The lowest BCUT2D eigenvalue weighted by Gasteiger charge is -2.25. The molecule has 0 spiro atoms. The molecule has 6 nitrogen and oxygen atoms in total. The fraction of sp³-hybridized carbons (Fsp3) is 0.348. The topological polar surface area (TPSA) is 65.5 Å². The zero-order chi connectivity index (χ0) is 21.7. The summed E-state index contributed by atoms with van der Waals surface area (Å²) < 4.78 is 1.14. The second kappa shape index (κ2) is 9.82. The first-order chi connectivity index (χ1) is 14.4. The number of hydrogen-bond donors (Lipinski definition) is 1. The minimum atomic E-state index is -0.200. The summed E-state index contributed by atoms with van der Waals surface area (Å²) in [6.07, 6.45) is 0.833. The third-order valence-electron chi connectivity index (χ3n) is 5.19. The number of nitrogens with one attached hydrogen (secondary N) is 1. The van der Waals surface area contributed by atoms with Crippen LogP contribution in [-0.2, 0) is 16.0 Å². The number of amides is 2. The Labute approximate surface area is 181 Å². The van der Waals surface area contributed by atoms with E-state index in [-0.39, 0.29) is 30.9 Å². The molecule has 0 aliphatic carbocycles.